The molecule has 0 aromatic carbocycles. The van der Waals surface area contributed by atoms with Crippen LogP contribution in [0.3, 0.4) is 0 Å². The van der Waals surface area contributed by atoms with Crippen molar-refractivity contribution >= 4 is 5.97 Å². The first kappa shape index (κ1) is 13.5. The summed E-state index contributed by atoms with van der Waals surface area (Å²) >= 11 is 0. The quantitative estimate of drug-likeness (QED) is 0.744. The lowest BCUT2D eigenvalue weighted by atomic mass is 10.0. The summed E-state index contributed by atoms with van der Waals surface area (Å²) < 4.78 is 11.0. The van der Waals surface area contributed by atoms with E-state index in [1.54, 1.807) is 6.92 Å². The zero-order chi connectivity index (χ0) is 12.3. The van der Waals surface area contributed by atoms with E-state index in [4.69, 9.17) is 15.2 Å². The van der Waals surface area contributed by atoms with Gasteiger partial charge in [0.2, 0.25) is 0 Å². The van der Waals surface area contributed by atoms with Gasteiger partial charge in [-0.2, -0.15) is 0 Å². The van der Waals surface area contributed by atoms with E-state index in [0.29, 0.717) is 0 Å². The Hall–Kier alpha value is -0.610. The Morgan fingerprint density at radius 3 is 2.25 bits per heavy atom. The summed E-state index contributed by atoms with van der Waals surface area (Å²) in [6.07, 6.45) is 1.86. The van der Waals surface area contributed by atoms with Crippen molar-refractivity contribution in [3.05, 3.63) is 0 Å². The van der Waals surface area contributed by atoms with Crippen LogP contribution in [0.5, 0.6) is 0 Å². The van der Waals surface area contributed by atoms with Crippen LogP contribution < -0.4 is 5.73 Å². The van der Waals surface area contributed by atoms with Crippen LogP contribution in [-0.2, 0) is 14.3 Å². The van der Waals surface area contributed by atoms with Gasteiger partial charge in [0.05, 0.1) is 18.1 Å². The van der Waals surface area contributed by atoms with Gasteiger partial charge < -0.3 is 15.2 Å². The third kappa shape index (κ3) is 3.76. The van der Waals surface area contributed by atoms with Gasteiger partial charge in [0.1, 0.15) is 6.10 Å². The van der Waals surface area contributed by atoms with Crippen molar-refractivity contribution in [2.75, 3.05) is 0 Å². The van der Waals surface area contributed by atoms with Gasteiger partial charge >= 0.3 is 5.97 Å². The van der Waals surface area contributed by atoms with Gasteiger partial charge in [-0.1, -0.05) is 6.92 Å². The van der Waals surface area contributed by atoms with Gasteiger partial charge in [-0.05, 0) is 20.8 Å². The normalized spacial score (nSPS) is 34.2. The van der Waals surface area contributed by atoms with Crippen LogP contribution in [0.15, 0.2) is 0 Å². The van der Waals surface area contributed by atoms with Crippen molar-refractivity contribution in [1.29, 1.82) is 0 Å². The van der Waals surface area contributed by atoms with Crippen LogP contribution in [0.4, 0.5) is 0 Å². The summed E-state index contributed by atoms with van der Waals surface area (Å²) in [6, 6.07) is -0.165. The minimum absolute atomic E-state index is 0.0209. The fourth-order valence-corrected chi connectivity index (χ4v) is 1.93. The van der Waals surface area contributed by atoms with Gasteiger partial charge in [-0.3, -0.25) is 4.79 Å². The average molecular weight is 229 g/mol. The van der Waals surface area contributed by atoms with Gasteiger partial charge in [0, 0.05) is 18.9 Å². The van der Waals surface area contributed by atoms with Crippen molar-refractivity contribution in [2.24, 2.45) is 11.7 Å². The molecule has 1 aliphatic heterocycles. The van der Waals surface area contributed by atoms with Gasteiger partial charge in [-0.25, -0.2) is 0 Å². The molecule has 0 amide bonds. The van der Waals surface area contributed by atoms with Gasteiger partial charge in [-0.15, -0.1) is 0 Å². The van der Waals surface area contributed by atoms with Crippen LogP contribution in [0.1, 0.15) is 40.5 Å². The highest BCUT2D eigenvalue weighted by Gasteiger charge is 2.29. The summed E-state index contributed by atoms with van der Waals surface area (Å²) in [6.45, 7) is 7.64. The molecule has 0 aromatic heterocycles. The first-order valence-electron chi connectivity index (χ1n) is 6.01. The molecular weight excluding hydrogens is 206 g/mol. The van der Waals surface area contributed by atoms with Crippen LogP contribution in [-0.4, -0.2) is 30.3 Å². The molecule has 0 aliphatic carbocycles. The predicted molar refractivity (Wildman–Crippen MR) is 61.9 cm³/mol. The number of carbonyl (C=O) groups excluding carboxylic acids is 1. The first-order chi connectivity index (χ1) is 7.40. The van der Waals surface area contributed by atoms with E-state index in [9.17, 15) is 4.79 Å². The highest BCUT2D eigenvalue weighted by atomic mass is 16.6. The Kier molecular flexibility index (Phi) is 4.74. The van der Waals surface area contributed by atoms with E-state index in [0.717, 1.165) is 12.8 Å². The lowest BCUT2D eigenvalue weighted by molar-refractivity contribution is -0.164. The van der Waals surface area contributed by atoms with Crippen LogP contribution in [0, 0.1) is 5.92 Å². The van der Waals surface area contributed by atoms with E-state index < -0.39 is 0 Å². The second-order valence-electron chi connectivity index (χ2n) is 4.94. The summed E-state index contributed by atoms with van der Waals surface area (Å²) in [5, 5.41) is 0. The smallest absolute Gasteiger partial charge is 0.310 e. The summed E-state index contributed by atoms with van der Waals surface area (Å²) in [7, 11) is 0. The molecule has 0 radical (unpaired) electrons. The maximum Gasteiger partial charge on any atom is 0.310 e. The number of hydrogen-bond acceptors (Lipinski definition) is 4. The first-order valence-corrected chi connectivity index (χ1v) is 6.01. The number of carbonyl (C=O) groups is 1. The standard InChI is InChI=1S/C12H23NO3/c1-7-5-11(6-8(2)15-7)16-12(14)9(3)10(4)13/h7-11H,5-6,13H2,1-4H3. The number of ether oxygens (including phenoxy) is 2. The largest absolute Gasteiger partial charge is 0.462 e. The van der Waals surface area contributed by atoms with Crippen molar-refractivity contribution in [3.63, 3.8) is 0 Å². The second-order valence-corrected chi connectivity index (χ2v) is 4.94. The maximum atomic E-state index is 11.7. The van der Waals surface area contributed by atoms with E-state index in [1.807, 2.05) is 20.8 Å². The van der Waals surface area contributed by atoms with Gasteiger partial charge in [0.25, 0.3) is 0 Å². The van der Waals surface area contributed by atoms with Crippen LogP contribution in [0.25, 0.3) is 0 Å². The van der Waals surface area contributed by atoms with Crippen molar-refractivity contribution in [1.82, 2.24) is 0 Å². The highest BCUT2D eigenvalue weighted by Crippen LogP contribution is 2.22. The summed E-state index contributed by atoms with van der Waals surface area (Å²) in [5.74, 6) is -0.435. The fraction of sp³-hybridized carbons (Fsp3) is 0.917. The van der Waals surface area contributed by atoms with E-state index in [-0.39, 0.29) is 36.2 Å². The molecule has 0 bridgehead atoms. The Morgan fingerprint density at radius 1 is 1.31 bits per heavy atom. The van der Waals surface area contributed by atoms with E-state index in [2.05, 4.69) is 0 Å². The molecule has 4 nitrogen and oxygen atoms in total. The molecule has 4 atom stereocenters. The number of nitrogens with two attached hydrogens (primary N) is 1. The predicted octanol–water partition coefficient (Wildman–Crippen LogP) is 1.47. The number of rotatable bonds is 3. The Labute approximate surface area is 97.5 Å². The van der Waals surface area contributed by atoms with Crippen LogP contribution in [0.2, 0.25) is 0 Å². The third-order valence-corrected chi connectivity index (χ3v) is 3.10. The molecule has 1 aliphatic rings. The van der Waals surface area contributed by atoms with Gasteiger partial charge in [0.15, 0.2) is 0 Å². The molecule has 1 fully saturated rings. The SMILES string of the molecule is CC1CC(OC(=O)C(C)C(C)N)CC(C)O1. The Bertz CT molecular complexity index is 232. The molecule has 16 heavy (non-hydrogen) atoms. The average Bonchev–Trinajstić information content (AvgIpc) is 2.14. The monoisotopic (exact) mass is 229 g/mol. The topological polar surface area (TPSA) is 61.5 Å². The minimum Gasteiger partial charge on any atom is -0.462 e. The lowest BCUT2D eigenvalue weighted by Crippen LogP contribution is -2.39. The highest BCUT2D eigenvalue weighted by molar-refractivity contribution is 5.72. The molecule has 2 N–H and O–H groups in total. The number of hydrogen-bond donors (Lipinski definition) is 1. The Morgan fingerprint density at radius 2 is 1.81 bits per heavy atom. The zero-order valence-electron chi connectivity index (χ0n) is 10.6. The lowest BCUT2D eigenvalue weighted by Gasteiger charge is -2.32. The molecule has 0 saturated carbocycles. The summed E-state index contributed by atoms with van der Waals surface area (Å²) in [4.78, 5) is 11.7. The molecule has 1 heterocycles. The van der Waals surface area contributed by atoms with Crippen molar-refractivity contribution in [2.45, 2.75) is 64.9 Å². The molecule has 0 spiro atoms. The van der Waals surface area contributed by atoms with Crippen molar-refractivity contribution < 1.29 is 14.3 Å². The minimum atomic E-state index is -0.242. The number of esters is 1. The second kappa shape index (κ2) is 5.64. The molecule has 4 heteroatoms. The van der Waals surface area contributed by atoms with Crippen molar-refractivity contribution in [3.8, 4) is 0 Å². The summed E-state index contributed by atoms with van der Waals surface area (Å²) in [5.41, 5.74) is 5.67. The molecule has 0 aromatic rings. The molecule has 94 valence electrons. The van der Waals surface area contributed by atoms with E-state index >= 15 is 0 Å². The zero-order valence-corrected chi connectivity index (χ0v) is 10.6. The van der Waals surface area contributed by atoms with Crippen LogP contribution >= 0.6 is 0 Å². The fourth-order valence-electron chi connectivity index (χ4n) is 1.93. The molecule has 1 rings (SSSR count). The molecule has 1 saturated heterocycles. The van der Waals surface area contributed by atoms with E-state index in [1.165, 1.54) is 0 Å². The Balaban J connectivity index is 2.44. The molecule has 4 unspecified atom stereocenters. The maximum absolute atomic E-state index is 11.7. The third-order valence-electron chi connectivity index (χ3n) is 3.10. The molecular formula is C12H23NO3.